The second kappa shape index (κ2) is 8.12. The predicted molar refractivity (Wildman–Crippen MR) is 89.4 cm³/mol. The number of carbonyl (C=O) groups excluding carboxylic acids is 1. The SMILES string of the molecule is CSCCC(=O)N1CCCN(S(=O)(=O)c2ccc(F)cc2)CC1. The molecule has 0 unspecified atom stereocenters. The van der Waals surface area contributed by atoms with Crippen molar-refractivity contribution in [2.24, 2.45) is 0 Å². The van der Waals surface area contributed by atoms with Gasteiger partial charge in [-0.25, -0.2) is 12.8 Å². The number of carbonyl (C=O) groups is 1. The fraction of sp³-hybridized carbons (Fsp3) is 0.533. The average Bonchev–Trinajstić information content (AvgIpc) is 2.79. The maximum atomic E-state index is 13.0. The lowest BCUT2D eigenvalue weighted by Crippen LogP contribution is -2.37. The quantitative estimate of drug-likeness (QED) is 0.803. The van der Waals surface area contributed by atoms with Crippen molar-refractivity contribution < 1.29 is 17.6 Å². The van der Waals surface area contributed by atoms with Crippen LogP contribution in [-0.4, -0.2) is 61.7 Å². The zero-order valence-corrected chi connectivity index (χ0v) is 14.7. The molecule has 0 atom stereocenters. The Kier molecular flexibility index (Phi) is 6.43. The molecule has 1 heterocycles. The summed E-state index contributed by atoms with van der Waals surface area (Å²) in [5.41, 5.74) is 0. The molecule has 8 heteroatoms. The number of halogens is 1. The Bertz CT molecular complexity index is 635. The molecule has 1 fully saturated rings. The third kappa shape index (κ3) is 4.68. The normalized spacial score (nSPS) is 17.0. The van der Waals surface area contributed by atoms with Crippen LogP contribution in [0.1, 0.15) is 12.8 Å². The number of amides is 1. The minimum atomic E-state index is -3.64. The van der Waals surface area contributed by atoms with Gasteiger partial charge in [-0.05, 0) is 36.9 Å². The van der Waals surface area contributed by atoms with Crippen LogP contribution in [0, 0.1) is 5.82 Å². The molecule has 1 aliphatic heterocycles. The molecule has 0 spiro atoms. The van der Waals surface area contributed by atoms with E-state index in [0.29, 0.717) is 32.5 Å². The molecule has 128 valence electrons. The van der Waals surface area contributed by atoms with Gasteiger partial charge in [-0.2, -0.15) is 16.1 Å². The Labute approximate surface area is 140 Å². The lowest BCUT2D eigenvalue weighted by atomic mass is 10.3. The smallest absolute Gasteiger partial charge is 0.243 e. The highest BCUT2D eigenvalue weighted by atomic mass is 32.2. The number of sulfonamides is 1. The number of benzene rings is 1. The molecule has 0 saturated carbocycles. The van der Waals surface area contributed by atoms with E-state index >= 15 is 0 Å². The number of rotatable bonds is 5. The highest BCUT2D eigenvalue weighted by Crippen LogP contribution is 2.18. The van der Waals surface area contributed by atoms with Crippen molar-refractivity contribution in [3.05, 3.63) is 30.1 Å². The second-order valence-corrected chi connectivity index (χ2v) is 8.26. The maximum Gasteiger partial charge on any atom is 0.243 e. The first-order chi connectivity index (χ1) is 10.9. The third-order valence-corrected chi connectivity index (χ3v) is 6.30. The van der Waals surface area contributed by atoms with Crippen molar-refractivity contribution in [2.75, 3.05) is 38.2 Å². The molecule has 1 aliphatic rings. The Morgan fingerprint density at radius 1 is 1.17 bits per heavy atom. The van der Waals surface area contributed by atoms with E-state index in [2.05, 4.69) is 0 Å². The predicted octanol–water partition coefficient (Wildman–Crippen LogP) is 1.80. The van der Waals surface area contributed by atoms with Gasteiger partial charge in [-0.15, -0.1) is 0 Å². The van der Waals surface area contributed by atoms with Crippen LogP contribution in [-0.2, 0) is 14.8 Å². The maximum absolute atomic E-state index is 13.0. The van der Waals surface area contributed by atoms with Crippen LogP contribution in [0.4, 0.5) is 4.39 Å². The highest BCUT2D eigenvalue weighted by Gasteiger charge is 2.28. The average molecular weight is 360 g/mol. The molecule has 23 heavy (non-hydrogen) atoms. The summed E-state index contributed by atoms with van der Waals surface area (Å²) in [4.78, 5) is 13.9. The minimum Gasteiger partial charge on any atom is -0.341 e. The number of thioether (sulfide) groups is 1. The van der Waals surface area contributed by atoms with Crippen LogP contribution in [0.5, 0.6) is 0 Å². The molecular weight excluding hydrogens is 339 g/mol. The molecular formula is C15H21FN2O3S2. The summed E-state index contributed by atoms with van der Waals surface area (Å²) >= 11 is 1.62. The van der Waals surface area contributed by atoms with E-state index < -0.39 is 15.8 Å². The molecule has 5 nitrogen and oxygen atoms in total. The van der Waals surface area contributed by atoms with Gasteiger partial charge in [0, 0.05) is 38.4 Å². The van der Waals surface area contributed by atoms with Crippen molar-refractivity contribution in [3.63, 3.8) is 0 Å². The monoisotopic (exact) mass is 360 g/mol. The van der Waals surface area contributed by atoms with Gasteiger partial charge in [0.05, 0.1) is 4.90 Å². The van der Waals surface area contributed by atoms with E-state index in [9.17, 15) is 17.6 Å². The first-order valence-electron chi connectivity index (χ1n) is 7.47. The van der Waals surface area contributed by atoms with Gasteiger partial charge in [0.2, 0.25) is 15.9 Å². The van der Waals surface area contributed by atoms with Crippen LogP contribution in [0.25, 0.3) is 0 Å². The van der Waals surface area contributed by atoms with Gasteiger partial charge in [-0.3, -0.25) is 4.79 Å². The summed E-state index contributed by atoms with van der Waals surface area (Å²) in [6.45, 7) is 1.60. The van der Waals surface area contributed by atoms with Gasteiger partial charge >= 0.3 is 0 Å². The molecule has 0 aliphatic carbocycles. The summed E-state index contributed by atoms with van der Waals surface area (Å²) in [5, 5.41) is 0. The van der Waals surface area contributed by atoms with E-state index in [1.165, 1.54) is 16.4 Å². The highest BCUT2D eigenvalue weighted by molar-refractivity contribution is 7.98. The van der Waals surface area contributed by atoms with Crippen molar-refractivity contribution in [3.8, 4) is 0 Å². The summed E-state index contributed by atoms with van der Waals surface area (Å²) in [7, 11) is -3.64. The van der Waals surface area contributed by atoms with Gasteiger partial charge in [0.25, 0.3) is 0 Å². The van der Waals surface area contributed by atoms with Gasteiger partial charge in [-0.1, -0.05) is 0 Å². The number of nitrogens with zero attached hydrogens (tertiary/aromatic N) is 2. The Morgan fingerprint density at radius 2 is 1.87 bits per heavy atom. The van der Waals surface area contributed by atoms with Crippen molar-refractivity contribution in [1.82, 2.24) is 9.21 Å². The molecule has 1 saturated heterocycles. The lowest BCUT2D eigenvalue weighted by molar-refractivity contribution is -0.130. The topological polar surface area (TPSA) is 57.7 Å². The van der Waals surface area contributed by atoms with Crippen molar-refractivity contribution in [2.45, 2.75) is 17.7 Å². The van der Waals surface area contributed by atoms with Crippen LogP contribution in [0.15, 0.2) is 29.2 Å². The fourth-order valence-electron chi connectivity index (χ4n) is 2.49. The van der Waals surface area contributed by atoms with E-state index in [1.54, 1.807) is 16.7 Å². The Morgan fingerprint density at radius 3 is 2.52 bits per heavy atom. The molecule has 1 aromatic rings. The van der Waals surface area contributed by atoms with Crippen LogP contribution >= 0.6 is 11.8 Å². The third-order valence-electron chi connectivity index (χ3n) is 3.78. The molecule has 0 aromatic heterocycles. The molecule has 1 aromatic carbocycles. The van der Waals surface area contributed by atoms with Crippen LogP contribution in [0.3, 0.4) is 0 Å². The molecule has 0 radical (unpaired) electrons. The second-order valence-electron chi connectivity index (χ2n) is 5.34. The first-order valence-corrected chi connectivity index (χ1v) is 10.3. The van der Waals surface area contributed by atoms with Gasteiger partial charge < -0.3 is 4.90 Å². The van der Waals surface area contributed by atoms with Crippen molar-refractivity contribution in [1.29, 1.82) is 0 Å². The van der Waals surface area contributed by atoms with E-state index in [4.69, 9.17) is 0 Å². The van der Waals surface area contributed by atoms with E-state index in [-0.39, 0.29) is 17.3 Å². The largest absolute Gasteiger partial charge is 0.341 e. The summed E-state index contributed by atoms with van der Waals surface area (Å²) < 4.78 is 39.5. The Hall–Kier alpha value is -1.12. The zero-order valence-electron chi connectivity index (χ0n) is 13.1. The first kappa shape index (κ1) is 18.2. The fourth-order valence-corrected chi connectivity index (χ4v) is 4.34. The van der Waals surface area contributed by atoms with Gasteiger partial charge in [0.1, 0.15) is 5.82 Å². The van der Waals surface area contributed by atoms with Gasteiger partial charge in [0.15, 0.2) is 0 Å². The number of hydrogen-bond acceptors (Lipinski definition) is 4. The molecule has 0 bridgehead atoms. The minimum absolute atomic E-state index is 0.0698. The standard InChI is InChI=1S/C15H21FN2O3S2/c1-22-12-7-15(19)17-8-2-9-18(11-10-17)23(20,21)14-5-3-13(16)4-6-14/h3-6H,2,7-12H2,1H3. The molecule has 0 N–H and O–H groups in total. The van der Waals surface area contributed by atoms with Crippen LogP contribution in [0.2, 0.25) is 0 Å². The molecule has 2 rings (SSSR count). The van der Waals surface area contributed by atoms with E-state index in [1.807, 2.05) is 6.26 Å². The zero-order chi connectivity index (χ0) is 16.9. The van der Waals surface area contributed by atoms with Crippen LogP contribution < -0.4 is 0 Å². The summed E-state index contributed by atoms with van der Waals surface area (Å²) in [5.74, 6) is 0.373. The summed E-state index contributed by atoms with van der Waals surface area (Å²) in [6.07, 6.45) is 3.03. The van der Waals surface area contributed by atoms with E-state index in [0.717, 1.165) is 17.9 Å². The Balaban J connectivity index is 2.04. The lowest BCUT2D eigenvalue weighted by Gasteiger charge is -2.22. The molecule has 1 amide bonds. The number of hydrogen-bond donors (Lipinski definition) is 0. The summed E-state index contributed by atoms with van der Waals surface area (Å²) in [6, 6.07) is 4.83. The van der Waals surface area contributed by atoms with Crippen molar-refractivity contribution >= 4 is 27.7 Å².